The van der Waals surface area contributed by atoms with Gasteiger partial charge in [0, 0.05) is 18.5 Å². The molecule has 4 aromatic carbocycles. The topological polar surface area (TPSA) is 86.8 Å². The number of hydrogen-bond acceptors (Lipinski definition) is 4. The molecule has 0 aromatic heterocycles. The maximum Gasteiger partial charge on any atom is 0.264 e. The van der Waals surface area contributed by atoms with Crippen LogP contribution in [-0.2, 0) is 32.6 Å². The van der Waals surface area contributed by atoms with Crippen molar-refractivity contribution in [2.24, 2.45) is 0 Å². The van der Waals surface area contributed by atoms with Gasteiger partial charge in [0.2, 0.25) is 11.8 Å². The number of sulfonamides is 1. The Hall–Kier alpha value is -3.85. The Labute approximate surface area is 269 Å². The molecule has 0 aliphatic carbocycles. The molecule has 4 rings (SSSR count). The van der Waals surface area contributed by atoms with Crippen molar-refractivity contribution < 1.29 is 18.0 Å². The van der Waals surface area contributed by atoms with Crippen LogP contribution in [0.5, 0.6) is 0 Å². The first-order valence-electron chi connectivity index (χ1n) is 14.1. The molecular weight excluding hydrogens is 617 g/mol. The lowest BCUT2D eigenvalue weighted by Crippen LogP contribution is -2.56. The molecule has 1 N–H and O–H groups in total. The fraction of sp³-hybridized carbons (Fsp3) is 0.235. The first-order valence-corrected chi connectivity index (χ1v) is 16.3. The molecule has 0 saturated heterocycles. The average molecular weight is 653 g/mol. The molecule has 4 aromatic rings. The average Bonchev–Trinajstić information content (AvgIpc) is 2.99. The molecule has 0 aliphatic rings. The van der Waals surface area contributed by atoms with E-state index in [2.05, 4.69) is 5.32 Å². The molecule has 0 saturated carbocycles. The van der Waals surface area contributed by atoms with Gasteiger partial charge in [-0.3, -0.25) is 13.9 Å². The van der Waals surface area contributed by atoms with Crippen molar-refractivity contribution in [3.05, 3.63) is 130 Å². The number of amides is 2. The summed E-state index contributed by atoms with van der Waals surface area (Å²) in [5.41, 5.74) is 1.23. The number of anilines is 1. The molecule has 230 valence electrons. The maximum absolute atomic E-state index is 14.4. The third kappa shape index (κ3) is 8.62. The quantitative estimate of drug-likeness (QED) is 0.194. The van der Waals surface area contributed by atoms with Crippen LogP contribution >= 0.6 is 23.2 Å². The van der Waals surface area contributed by atoms with E-state index in [1.807, 2.05) is 81.4 Å². The van der Waals surface area contributed by atoms with Crippen molar-refractivity contribution in [2.75, 3.05) is 10.8 Å². The summed E-state index contributed by atoms with van der Waals surface area (Å²) >= 11 is 12.5. The van der Waals surface area contributed by atoms with Crippen molar-refractivity contribution in [2.45, 2.75) is 50.2 Å². The molecule has 10 heteroatoms. The van der Waals surface area contributed by atoms with Gasteiger partial charge in [-0.25, -0.2) is 8.42 Å². The molecule has 0 aliphatic heterocycles. The normalized spacial score (nSPS) is 12.3. The fourth-order valence-electron chi connectivity index (χ4n) is 4.68. The maximum atomic E-state index is 14.4. The van der Waals surface area contributed by atoms with E-state index in [4.69, 9.17) is 23.2 Å². The highest BCUT2D eigenvalue weighted by Gasteiger charge is 2.35. The summed E-state index contributed by atoms with van der Waals surface area (Å²) in [5.74, 6) is -0.915. The van der Waals surface area contributed by atoms with Gasteiger partial charge in [0.1, 0.15) is 12.6 Å². The Bertz CT molecular complexity index is 1680. The first-order chi connectivity index (χ1) is 20.8. The van der Waals surface area contributed by atoms with Crippen molar-refractivity contribution in [1.29, 1.82) is 0 Å². The van der Waals surface area contributed by atoms with Crippen LogP contribution in [0, 0.1) is 0 Å². The van der Waals surface area contributed by atoms with Crippen molar-refractivity contribution in [3.8, 4) is 0 Å². The van der Waals surface area contributed by atoms with Crippen LogP contribution in [0.4, 0.5) is 5.69 Å². The van der Waals surface area contributed by atoms with Gasteiger partial charge in [0.25, 0.3) is 10.0 Å². The molecule has 0 bridgehead atoms. The highest BCUT2D eigenvalue weighted by Crippen LogP contribution is 2.31. The summed E-state index contributed by atoms with van der Waals surface area (Å²) in [6.07, 6.45) is 0.222. The molecule has 7 nitrogen and oxygen atoms in total. The minimum atomic E-state index is -4.24. The summed E-state index contributed by atoms with van der Waals surface area (Å²) in [6, 6.07) is 30.0. The number of halogens is 2. The van der Waals surface area contributed by atoms with Gasteiger partial charge in [-0.2, -0.15) is 0 Å². The Morgan fingerprint density at radius 2 is 1.32 bits per heavy atom. The molecule has 0 spiro atoms. The van der Waals surface area contributed by atoms with E-state index in [9.17, 15) is 18.0 Å². The van der Waals surface area contributed by atoms with E-state index >= 15 is 0 Å². The predicted molar refractivity (Wildman–Crippen MR) is 176 cm³/mol. The van der Waals surface area contributed by atoms with Crippen molar-refractivity contribution in [3.63, 3.8) is 0 Å². The zero-order chi connectivity index (χ0) is 31.9. The van der Waals surface area contributed by atoms with Gasteiger partial charge in [-0.1, -0.05) is 102 Å². The van der Waals surface area contributed by atoms with Crippen molar-refractivity contribution in [1.82, 2.24) is 10.2 Å². The summed E-state index contributed by atoms with van der Waals surface area (Å²) in [5, 5.41) is 3.40. The lowest BCUT2D eigenvalue weighted by Gasteiger charge is -2.35. The van der Waals surface area contributed by atoms with Gasteiger partial charge in [0.05, 0.1) is 20.6 Å². The summed E-state index contributed by atoms with van der Waals surface area (Å²) < 4.78 is 29.1. The Morgan fingerprint density at radius 1 is 0.773 bits per heavy atom. The molecular formula is C34H35Cl2N3O4S. The summed E-state index contributed by atoms with van der Waals surface area (Å²) in [6.45, 7) is 5.09. The molecule has 0 fully saturated rings. The number of hydrogen-bond donors (Lipinski definition) is 1. The largest absolute Gasteiger partial charge is 0.350 e. The predicted octanol–water partition coefficient (Wildman–Crippen LogP) is 6.74. The van der Waals surface area contributed by atoms with Crippen LogP contribution in [0.25, 0.3) is 0 Å². The van der Waals surface area contributed by atoms with E-state index in [-0.39, 0.29) is 39.5 Å². The first kappa shape index (κ1) is 33.1. The van der Waals surface area contributed by atoms with Crippen LogP contribution in [-0.4, -0.2) is 43.3 Å². The zero-order valence-electron chi connectivity index (χ0n) is 24.8. The number of rotatable bonds is 11. The van der Waals surface area contributed by atoms with Crippen LogP contribution in [0.15, 0.2) is 114 Å². The number of nitrogens with zero attached hydrogens (tertiary/aromatic N) is 2. The van der Waals surface area contributed by atoms with Crippen LogP contribution < -0.4 is 9.62 Å². The third-order valence-corrected chi connectivity index (χ3v) is 9.29. The monoisotopic (exact) mass is 651 g/mol. The van der Waals surface area contributed by atoms with Crippen molar-refractivity contribution >= 4 is 50.7 Å². The molecule has 0 unspecified atom stereocenters. The molecule has 0 heterocycles. The number of nitrogens with one attached hydrogen (secondary N) is 1. The third-order valence-electron chi connectivity index (χ3n) is 6.77. The van der Waals surface area contributed by atoms with Crippen LogP contribution in [0.1, 0.15) is 31.9 Å². The van der Waals surface area contributed by atoms with E-state index < -0.39 is 34.1 Å². The van der Waals surface area contributed by atoms with Gasteiger partial charge in [-0.15, -0.1) is 0 Å². The highest BCUT2D eigenvalue weighted by molar-refractivity contribution is 7.92. The molecule has 44 heavy (non-hydrogen) atoms. The van der Waals surface area contributed by atoms with E-state index in [0.717, 1.165) is 15.4 Å². The molecule has 1 atom stereocenters. The van der Waals surface area contributed by atoms with Crippen LogP contribution in [0.2, 0.25) is 10.0 Å². The molecule has 2 amide bonds. The standard InChI is InChI=1S/C34H35Cl2N3O4S/c1-34(2,3)37-33(41)31(21-25-13-7-4-8-14-25)38(23-26-15-9-5-10-16-26)32(40)24-39(27-19-20-29(35)30(36)22-27)44(42,43)28-17-11-6-12-18-28/h4-20,22,31H,21,23-24H2,1-3H3,(H,37,41)/t31-/m0/s1. The number of carbonyl (C=O) groups excluding carboxylic acids is 2. The van der Waals surface area contributed by atoms with Gasteiger partial charge in [0.15, 0.2) is 0 Å². The second-order valence-electron chi connectivity index (χ2n) is 11.4. The van der Waals surface area contributed by atoms with Crippen LogP contribution in [0.3, 0.4) is 0 Å². The van der Waals surface area contributed by atoms with Gasteiger partial charge in [-0.05, 0) is 62.2 Å². The summed E-state index contributed by atoms with van der Waals surface area (Å²) in [7, 11) is -4.24. The minimum absolute atomic E-state index is 0.000192. The van der Waals surface area contributed by atoms with Gasteiger partial charge >= 0.3 is 0 Å². The SMILES string of the molecule is CC(C)(C)NC(=O)[C@H](Cc1ccccc1)N(Cc1ccccc1)C(=O)CN(c1ccc(Cl)c(Cl)c1)S(=O)(=O)c1ccccc1. The lowest BCUT2D eigenvalue weighted by molar-refractivity contribution is -0.140. The zero-order valence-corrected chi connectivity index (χ0v) is 27.1. The van der Waals surface area contributed by atoms with Gasteiger partial charge < -0.3 is 10.2 Å². The number of carbonyl (C=O) groups is 2. The second-order valence-corrected chi connectivity index (χ2v) is 14.1. The van der Waals surface area contributed by atoms with E-state index in [0.29, 0.717) is 0 Å². The Kier molecular flexibility index (Phi) is 10.7. The van der Waals surface area contributed by atoms with E-state index in [1.165, 1.54) is 35.2 Å². The second kappa shape index (κ2) is 14.3. The smallest absolute Gasteiger partial charge is 0.264 e. The van der Waals surface area contributed by atoms with E-state index in [1.54, 1.807) is 18.2 Å². The molecule has 0 radical (unpaired) electrons. The Balaban J connectivity index is 1.81. The summed E-state index contributed by atoms with van der Waals surface area (Å²) in [4.78, 5) is 29.8. The Morgan fingerprint density at radius 3 is 1.86 bits per heavy atom. The highest BCUT2D eigenvalue weighted by atomic mass is 35.5. The fourth-order valence-corrected chi connectivity index (χ4v) is 6.39. The minimum Gasteiger partial charge on any atom is -0.350 e. The lowest BCUT2D eigenvalue weighted by atomic mass is 10.0. The number of benzene rings is 4.